The number of hydrogen-bond acceptors (Lipinski definition) is 5. The molecule has 0 bridgehead atoms. The van der Waals surface area contributed by atoms with E-state index in [9.17, 15) is 18.0 Å². The van der Waals surface area contributed by atoms with Gasteiger partial charge >= 0.3 is 5.97 Å². The molecule has 7 nitrogen and oxygen atoms in total. The van der Waals surface area contributed by atoms with Crippen LogP contribution in [-0.2, 0) is 24.3 Å². The Bertz CT molecular complexity index is 776. The summed E-state index contributed by atoms with van der Waals surface area (Å²) in [5.74, 6) is -0.972. The number of piperidine rings is 1. The average Bonchev–Trinajstić information content (AvgIpc) is 2.66. The number of esters is 1. The van der Waals surface area contributed by atoms with Crippen molar-refractivity contribution in [3.63, 3.8) is 0 Å². The summed E-state index contributed by atoms with van der Waals surface area (Å²) >= 11 is 6.10. The van der Waals surface area contributed by atoms with Gasteiger partial charge in [-0.1, -0.05) is 31.4 Å². The number of halogens is 1. The number of benzene rings is 1. The Kier molecular flexibility index (Phi) is 8.07. The van der Waals surface area contributed by atoms with Gasteiger partial charge in [0.05, 0.1) is 5.02 Å². The largest absolute Gasteiger partial charge is 0.456 e. The molecule has 1 fully saturated rings. The lowest BCUT2D eigenvalue weighted by atomic mass is 10.2. The van der Waals surface area contributed by atoms with Crippen LogP contribution in [0.3, 0.4) is 0 Å². The van der Waals surface area contributed by atoms with Crippen LogP contribution in [0.1, 0.15) is 45.4 Å². The SMILES string of the molecule is CCCCC(=O)OCC(=O)Nc1ccc(Cl)c(S(=O)(=O)N2CCCCC2)c1. The van der Waals surface area contributed by atoms with Crippen molar-refractivity contribution in [2.45, 2.75) is 50.3 Å². The molecule has 1 aliphatic rings. The van der Waals surface area contributed by atoms with Gasteiger partial charge in [0.1, 0.15) is 4.90 Å². The summed E-state index contributed by atoms with van der Waals surface area (Å²) in [5.41, 5.74) is 0.282. The molecule has 0 aliphatic carbocycles. The molecule has 150 valence electrons. The third-order valence-electron chi connectivity index (χ3n) is 4.25. The monoisotopic (exact) mass is 416 g/mol. The summed E-state index contributed by atoms with van der Waals surface area (Å²) in [7, 11) is -3.72. The number of carbonyl (C=O) groups excluding carboxylic acids is 2. The first-order valence-electron chi connectivity index (χ1n) is 9.09. The number of carbonyl (C=O) groups is 2. The van der Waals surface area contributed by atoms with Crippen molar-refractivity contribution in [1.82, 2.24) is 4.31 Å². The summed E-state index contributed by atoms with van der Waals surface area (Å²) < 4.78 is 31.9. The van der Waals surface area contributed by atoms with Crippen LogP contribution in [-0.4, -0.2) is 44.3 Å². The Labute approximate surface area is 165 Å². The number of nitrogens with one attached hydrogen (secondary N) is 1. The molecule has 27 heavy (non-hydrogen) atoms. The highest BCUT2D eigenvalue weighted by Crippen LogP contribution is 2.29. The molecule has 0 atom stereocenters. The molecule has 0 aromatic heterocycles. The molecule has 2 rings (SSSR count). The second-order valence-corrected chi connectivity index (χ2v) is 8.74. The maximum atomic E-state index is 12.8. The first-order valence-corrected chi connectivity index (χ1v) is 10.9. The second-order valence-electron chi connectivity index (χ2n) is 6.42. The van der Waals surface area contributed by atoms with Crippen LogP contribution in [0.4, 0.5) is 5.69 Å². The lowest BCUT2D eigenvalue weighted by Gasteiger charge is -2.26. The smallest absolute Gasteiger partial charge is 0.306 e. The van der Waals surface area contributed by atoms with Crippen LogP contribution in [0.5, 0.6) is 0 Å². The second kappa shape index (κ2) is 10.1. The number of amides is 1. The van der Waals surface area contributed by atoms with Gasteiger partial charge < -0.3 is 10.1 Å². The highest BCUT2D eigenvalue weighted by atomic mass is 35.5. The fraction of sp³-hybridized carbons (Fsp3) is 0.556. The molecule has 0 unspecified atom stereocenters. The van der Waals surface area contributed by atoms with Crippen LogP contribution >= 0.6 is 11.6 Å². The molecule has 0 radical (unpaired) electrons. The van der Waals surface area contributed by atoms with Crippen LogP contribution < -0.4 is 5.32 Å². The number of anilines is 1. The molecule has 9 heteroatoms. The Morgan fingerprint density at radius 1 is 1.22 bits per heavy atom. The topological polar surface area (TPSA) is 92.8 Å². The van der Waals surface area contributed by atoms with Crippen LogP contribution in [0.25, 0.3) is 0 Å². The number of rotatable bonds is 8. The van der Waals surface area contributed by atoms with E-state index < -0.39 is 28.5 Å². The quantitative estimate of drug-likeness (QED) is 0.657. The summed E-state index contributed by atoms with van der Waals surface area (Å²) in [4.78, 5) is 23.4. The molecule has 1 N–H and O–H groups in total. The lowest BCUT2D eigenvalue weighted by molar-refractivity contribution is -0.147. The predicted molar refractivity (Wildman–Crippen MR) is 103 cm³/mol. The Hall–Kier alpha value is -1.64. The molecule has 1 aromatic rings. The molecule has 1 saturated heterocycles. The zero-order chi connectivity index (χ0) is 19.9. The van der Waals surface area contributed by atoms with Crippen molar-refractivity contribution < 1.29 is 22.7 Å². The zero-order valence-electron chi connectivity index (χ0n) is 15.4. The summed E-state index contributed by atoms with van der Waals surface area (Å²) in [6.45, 7) is 2.46. The third kappa shape index (κ3) is 6.19. The molecule has 1 heterocycles. The number of ether oxygens (including phenoxy) is 1. The minimum absolute atomic E-state index is 0.0381. The summed E-state index contributed by atoms with van der Waals surface area (Å²) in [5, 5.41) is 2.64. The van der Waals surface area contributed by atoms with E-state index >= 15 is 0 Å². The normalized spacial score (nSPS) is 15.3. The fourth-order valence-corrected chi connectivity index (χ4v) is 4.78. The van der Waals surface area contributed by atoms with Gasteiger partial charge in [-0.2, -0.15) is 4.31 Å². The molecule has 1 aromatic carbocycles. The van der Waals surface area contributed by atoms with Crippen molar-refractivity contribution in [3.8, 4) is 0 Å². The predicted octanol–water partition coefficient (Wildman–Crippen LogP) is 3.19. The van der Waals surface area contributed by atoms with Gasteiger partial charge in [0.15, 0.2) is 6.61 Å². The van der Waals surface area contributed by atoms with E-state index in [1.165, 1.54) is 22.5 Å². The van der Waals surface area contributed by atoms with Crippen molar-refractivity contribution >= 4 is 39.2 Å². The van der Waals surface area contributed by atoms with E-state index in [2.05, 4.69) is 5.32 Å². The van der Waals surface area contributed by atoms with E-state index in [1.54, 1.807) is 0 Å². The minimum atomic E-state index is -3.72. The van der Waals surface area contributed by atoms with Crippen LogP contribution in [0, 0.1) is 0 Å². The van der Waals surface area contributed by atoms with Gasteiger partial charge in [0.2, 0.25) is 10.0 Å². The van der Waals surface area contributed by atoms with Gasteiger partial charge in [-0.3, -0.25) is 9.59 Å². The molecular formula is C18H25ClN2O5S. The molecule has 0 saturated carbocycles. The van der Waals surface area contributed by atoms with Gasteiger partial charge in [-0.05, 0) is 37.5 Å². The van der Waals surface area contributed by atoms with E-state index in [0.717, 1.165) is 25.7 Å². The van der Waals surface area contributed by atoms with Crippen molar-refractivity contribution in [3.05, 3.63) is 23.2 Å². The first kappa shape index (κ1) is 21.7. The maximum absolute atomic E-state index is 12.8. The fourth-order valence-electron chi connectivity index (χ4n) is 2.76. The third-order valence-corrected chi connectivity index (χ3v) is 6.63. The van der Waals surface area contributed by atoms with Crippen LogP contribution in [0.2, 0.25) is 5.02 Å². The van der Waals surface area contributed by atoms with E-state index in [0.29, 0.717) is 19.5 Å². The first-order chi connectivity index (χ1) is 12.8. The highest BCUT2D eigenvalue weighted by Gasteiger charge is 2.28. The summed E-state index contributed by atoms with van der Waals surface area (Å²) in [6.07, 6.45) is 4.47. The van der Waals surface area contributed by atoms with Crippen molar-refractivity contribution in [1.29, 1.82) is 0 Å². The number of nitrogens with zero attached hydrogens (tertiary/aromatic N) is 1. The van der Waals surface area contributed by atoms with Gasteiger partial charge in [-0.15, -0.1) is 0 Å². The van der Waals surface area contributed by atoms with Gasteiger partial charge in [-0.25, -0.2) is 8.42 Å². The Morgan fingerprint density at radius 2 is 1.93 bits per heavy atom. The van der Waals surface area contributed by atoms with Crippen molar-refractivity contribution in [2.75, 3.05) is 25.0 Å². The number of hydrogen-bond donors (Lipinski definition) is 1. The molecule has 1 amide bonds. The Balaban J connectivity index is 2.04. The molecular weight excluding hydrogens is 392 g/mol. The van der Waals surface area contributed by atoms with Gasteiger partial charge in [0.25, 0.3) is 5.91 Å². The van der Waals surface area contributed by atoms with Gasteiger partial charge in [0, 0.05) is 25.2 Å². The van der Waals surface area contributed by atoms with Crippen LogP contribution in [0.15, 0.2) is 23.1 Å². The van der Waals surface area contributed by atoms with E-state index in [1.807, 2.05) is 6.92 Å². The Morgan fingerprint density at radius 3 is 2.59 bits per heavy atom. The lowest BCUT2D eigenvalue weighted by Crippen LogP contribution is -2.35. The van der Waals surface area contributed by atoms with Crippen molar-refractivity contribution in [2.24, 2.45) is 0 Å². The minimum Gasteiger partial charge on any atom is -0.456 e. The van der Waals surface area contributed by atoms with E-state index in [-0.39, 0.29) is 22.0 Å². The van der Waals surface area contributed by atoms with E-state index in [4.69, 9.17) is 16.3 Å². The summed E-state index contributed by atoms with van der Waals surface area (Å²) in [6, 6.07) is 4.28. The highest BCUT2D eigenvalue weighted by molar-refractivity contribution is 7.89. The standard InChI is InChI=1S/C18H25ClN2O5S/c1-2-3-7-18(23)26-13-17(22)20-14-8-9-15(19)16(12-14)27(24,25)21-10-5-4-6-11-21/h8-9,12H,2-7,10-11,13H2,1H3,(H,20,22). The molecule has 0 spiro atoms. The maximum Gasteiger partial charge on any atom is 0.306 e. The number of sulfonamides is 1. The number of unbranched alkanes of at least 4 members (excludes halogenated alkanes) is 1. The molecule has 1 aliphatic heterocycles. The average molecular weight is 417 g/mol. The zero-order valence-corrected chi connectivity index (χ0v) is 16.9.